The summed E-state index contributed by atoms with van der Waals surface area (Å²) in [4.78, 5) is 12.9. The van der Waals surface area contributed by atoms with Gasteiger partial charge < -0.3 is 5.73 Å². The summed E-state index contributed by atoms with van der Waals surface area (Å²) in [6.07, 6.45) is 3.61. The zero-order valence-electron chi connectivity index (χ0n) is 11.5. The Morgan fingerprint density at radius 2 is 2.00 bits per heavy atom. The molecule has 104 valence electrons. The first-order chi connectivity index (χ1) is 9.00. The van der Waals surface area contributed by atoms with Gasteiger partial charge in [0.1, 0.15) is 5.69 Å². The summed E-state index contributed by atoms with van der Waals surface area (Å²) in [5, 5.41) is 10.9. The molecule has 0 aliphatic carbocycles. The highest BCUT2D eigenvalue weighted by Gasteiger charge is 2.26. The third-order valence-corrected chi connectivity index (χ3v) is 4.10. The minimum atomic E-state index is -0.415. The largest absolute Gasteiger partial charge is 0.393 e. The number of nitrogens with zero attached hydrogens (tertiary/aromatic N) is 2. The van der Waals surface area contributed by atoms with Gasteiger partial charge in [-0.25, -0.2) is 0 Å². The molecule has 0 spiro atoms. The number of rotatable bonds is 3. The Bertz CT molecular complexity index is 466. The van der Waals surface area contributed by atoms with E-state index in [2.05, 4.69) is 18.7 Å². The van der Waals surface area contributed by atoms with Gasteiger partial charge in [0.25, 0.3) is 5.69 Å². The molecule has 19 heavy (non-hydrogen) atoms. The highest BCUT2D eigenvalue weighted by Crippen LogP contribution is 2.29. The molecule has 1 aliphatic rings. The summed E-state index contributed by atoms with van der Waals surface area (Å²) in [5.74, 6) is 0. The average molecular weight is 263 g/mol. The summed E-state index contributed by atoms with van der Waals surface area (Å²) in [5.41, 5.74) is 7.09. The van der Waals surface area contributed by atoms with E-state index in [0.29, 0.717) is 24.3 Å². The molecule has 2 rings (SSSR count). The standard InChI is InChI=1S/C14H21N3O2/c1-10-5-3-6-11(2)16(10)9-12-7-4-8-13(14(12)15)17(18)19/h4,7-8,10-11H,3,5-6,9,15H2,1-2H3/t10-,11+. The number of nitro groups is 1. The second-order valence-electron chi connectivity index (χ2n) is 5.41. The van der Waals surface area contributed by atoms with Crippen LogP contribution in [0.3, 0.4) is 0 Å². The molecule has 0 bridgehead atoms. The quantitative estimate of drug-likeness (QED) is 0.517. The molecule has 1 aromatic carbocycles. The highest BCUT2D eigenvalue weighted by molar-refractivity contribution is 5.62. The van der Waals surface area contributed by atoms with Crippen LogP contribution in [0, 0.1) is 10.1 Å². The molecule has 0 amide bonds. The predicted molar refractivity (Wildman–Crippen MR) is 75.8 cm³/mol. The number of piperidine rings is 1. The van der Waals surface area contributed by atoms with Crippen LogP contribution in [0.1, 0.15) is 38.7 Å². The Hall–Kier alpha value is -1.62. The van der Waals surface area contributed by atoms with Crippen molar-refractivity contribution in [1.82, 2.24) is 4.90 Å². The molecule has 0 aromatic heterocycles. The van der Waals surface area contributed by atoms with Crippen molar-refractivity contribution in [1.29, 1.82) is 0 Å². The third-order valence-electron chi connectivity index (χ3n) is 4.10. The molecular formula is C14H21N3O2. The van der Waals surface area contributed by atoms with Gasteiger partial charge in [0.2, 0.25) is 0 Å². The first-order valence-corrected chi connectivity index (χ1v) is 6.78. The molecule has 1 aromatic rings. The smallest absolute Gasteiger partial charge is 0.292 e. The highest BCUT2D eigenvalue weighted by atomic mass is 16.6. The maximum absolute atomic E-state index is 10.9. The Morgan fingerprint density at radius 1 is 1.37 bits per heavy atom. The molecule has 5 heteroatoms. The molecule has 0 saturated carbocycles. The van der Waals surface area contributed by atoms with Gasteiger partial charge in [0.05, 0.1) is 4.92 Å². The predicted octanol–water partition coefficient (Wildman–Crippen LogP) is 2.94. The van der Waals surface area contributed by atoms with Crippen LogP contribution < -0.4 is 5.73 Å². The van der Waals surface area contributed by atoms with Crippen LogP contribution in [0.2, 0.25) is 0 Å². The van der Waals surface area contributed by atoms with Crippen molar-refractivity contribution in [2.75, 3.05) is 5.73 Å². The van der Waals surface area contributed by atoms with Gasteiger partial charge in [-0.1, -0.05) is 18.6 Å². The van der Waals surface area contributed by atoms with Crippen LogP contribution in [-0.4, -0.2) is 21.9 Å². The second kappa shape index (κ2) is 5.57. The van der Waals surface area contributed by atoms with E-state index in [9.17, 15) is 10.1 Å². The van der Waals surface area contributed by atoms with Gasteiger partial charge in [0, 0.05) is 24.7 Å². The topological polar surface area (TPSA) is 72.4 Å². The van der Waals surface area contributed by atoms with E-state index in [1.165, 1.54) is 25.3 Å². The van der Waals surface area contributed by atoms with Crippen LogP contribution in [0.4, 0.5) is 11.4 Å². The van der Waals surface area contributed by atoms with Crippen molar-refractivity contribution >= 4 is 11.4 Å². The fourth-order valence-electron chi connectivity index (χ4n) is 2.88. The Kier molecular flexibility index (Phi) is 4.04. The number of nitrogen functional groups attached to an aromatic ring is 1. The van der Waals surface area contributed by atoms with Gasteiger partial charge in [0.15, 0.2) is 0 Å². The molecule has 1 heterocycles. The minimum Gasteiger partial charge on any atom is -0.393 e. The van der Waals surface area contributed by atoms with Gasteiger partial charge in [-0.2, -0.15) is 0 Å². The van der Waals surface area contributed by atoms with Crippen LogP contribution >= 0.6 is 0 Å². The van der Waals surface area contributed by atoms with Crippen LogP contribution in [0.15, 0.2) is 18.2 Å². The van der Waals surface area contributed by atoms with E-state index in [4.69, 9.17) is 5.73 Å². The monoisotopic (exact) mass is 263 g/mol. The van der Waals surface area contributed by atoms with Crippen molar-refractivity contribution in [3.63, 3.8) is 0 Å². The zero-order valence-corrected chi connectivity index (χ0v) is 11.5. The Labute approximate surface area is 113 Å². The molecule has 1 saturated heterocycles. The number of hydrogen-bond donors (Lipinski definition) is 1. The van der Waals surface area contributed by atoms with Crippen LogP contribution in [0.5, 0.6) is 0 Å². The molecular weight excluding hydrogens is 242 g/mol. The first kappa shape index (κ1) is 13.8. The Balaban J connectivity index is 2.23. The summed E-state index contributed by atoms with van der Waals surface area (Å²) in [7, 11) is 0. The van der Waals surface area contributed by atoms with Crippen molar-refractivity contribution in [3.8, 4) is 0 Å². The number of hydrogen-bond acceptors (Lipinski definition) is 4. The molecule has 2 atom stereocenters. The summed E-state index contributed by atoms with van der Waals surface area (Å²) >= 11 is 0. The van der Waals surface area contributed by atoms with Crippen LogP contribution in [0.25, 0.3) is 0 Å². The number of likely N-dealkylation sites (tertiary alicyclic amines) is 1. The molecule has 1 aliphatic heterocycles. The van der Waals surface area contributed by atoms with Gasteiger partial charge in [-0.05, 0) is 32.3 Å². The van der Waals surface area contributed by atoms with Gasteiger partial charge in [-0.15, -0.1) is 0 Å². The molecule has 1 fully saturated rings. The molecule has 5 nitrogen and oxygen atoms in total. The van der Waals surface area contributed by atoms with Gasteiger partial charge in [-0.3, -0.25) is 15.0 Å². The Morgan fingerprint density at radius 3 is 2.58 bits per heavy atom. The molecule has 0 unspecified atom stereocenters. The lowest BCUT2D eigenvalue weighted by Crippen LogP contribution is -2.43. The normalized spacial score (nSPS) is 24.3. The van der Waals surface area contributed by atoms with Crippen LogP contribution in [-0.2, 0) is 6.54 Å². The molecule has 2 N–H and O–H groups in total. The summed E-state index contributed by atoms with van der Waals surface area (Å²) in [6, 6.07) is 6.06. The lowest BCUT2D eigenvalue weighted by atomic mass is 9.96. The van der Waals surface area contributed by atoms with E-state index < -0.39 is 4.92 Å². The lowest BCUT2D eigenvalue weighted by Gasteiger charge is -2.39. The summed E-state index contributed by atoms with van der Waals surface area (Å²) < 4.78 is 0. The number of nitro benzene ring substituents is 1. The zero-order chi connectivity index (χ0) is 14.0. The van der Waals surface area contributed by atoms with E-state index in [1.807, 2.05) is 6.07 Å². The van der Waals surface area contributed by atoms with E-state index in [-0.39, 0.29) is 5.69 Å². The number of para-hydroxylation sites is 1. The number of anilines is 1. The van der Waals surface area contributed by atoms with Gasteiger partial charge >= 0.3 is 0 Å². The fraction of sp³-hybridized carbons (Fsp3) is 0.571. The maximum Gasteiger partial charge on any atom is 0.292 e. The third kappa shape index (κ3) is 2.87. The molecule has 0 radical (unpaired) electrons. The second-order valence-corrected chi connectivity index (χ2v) is 5.41. The number of nitrogens with two attached hydrogens (primary N) is 1. The van der Waals surface area contributed by atoms with E-state index in [0.717, 1.165) is 5.56 Å². The fourth-order valence-corrected chi connectivity index (χ4v) is 2.88. The summed E-state index contributed by atoms with van der Waals surface area (Å²) in [6.45, 7) is 5.11. The van der Waals surface area contributed by atoms with E-state index >= 15 is 0 Å². The van der Waals surface area contributed by atoms with Crippen molar-refractivity contribution in [3.05, 3.63) is 33.9 Å². The van der Waals surface area contributed by atoms with Crippen molar-refractivity contribution in [2.24, 2.45) is 0 Å². The van der Waals surface area contributed by atoms with Crippen molar-refractivity contribution in [2.45, 2.75) is 51.7 Å². The SMILES string of the molecule is C[C@@H]1CCC[C@H](C)N1Cc1cccc([N+](=O)[O-])c1N. The maximum atomic E-state index is 10.9. The minimum absolute atomic E-state index is 0.00909. The van der Waals surface area contributed by atoms with E-state index in [1.54, 1.807) is 6.07 Å². The lowest BCUT2D eigenvalue weighted by molar-refractivity contribution is -0.384. The number of benzene rings is 1. The van der Waals surface area contributed by atoms with Crippen molar-refractivity contribution < 1.29 is 4.92 Å². The first-order valence-electron chi connectivity index (χ1n) is 6.78. The average Bonchev–Trinajstić information content (AvgIpc) is 2.35.